The van der Waals surface area contributed by atoms with Crippen LogP contribution in [0.2, 0.25) is 0 Å². The van der Waals surface area contributed by atoms with E-state index in [0.717, 1.165) is 0 Å². The molecule has 0 saturated heterocycles. The molecule has 1 atom stereocenters. The van der Waals surface area contributed by atoms with Gasteiger partial charge in [0.2, 0.25) is 0 Å². The lowest BCUT2D eigenvalue weighted by Crippen LogP contribution is -2.35. The molecular formula is C12H14N2O3. The summed E-state index contributed by atoms with van der Waals surface area (Å²) in [4.78, 5) is 24.2. The fraction of sp³-hybridized carbons (Fsp3) is 0.333. The van der Waals surface area contributed by atoms with E-state index < -0.39 is 6.04 Å². The highest BCUT2D eigenvalue weighted by molar-refractivity contribution is 5.97. The van der Waals surface area contributed by atoms with Crippen LogP contribution in [0, 0.1) is 0 Å². The Bertz CT molecular complexity index is 485. The SMILES string of the molecule is CC(=O)C(N)c1ccc2c(c1)N(C)C(=O)CO2. The molecule has 0 fully saturated rings. The minimum atomic E-state index is -0.661. The van der Waals surface area contributed by atoms with Gasteiger partial charge in [-0.1, -0.05) is 6.07 Å². The number of carbonyl (C=O) groups excluding carboxylic acids is 2. The first kappa shape index (κ1) is 11.6. The van der Waals surface area contributed by atoms with Gasteiger partial charge in [0, 0.05) is 7.05 Å². The summed E-state index contributed by atoms with van der Waals surface area (Å²) in [5.41, 5.74) is 7.09. The highest BCUT2D eigenvalue weighted by Crippen LogP contribution is 2.33. The van der Waals surface area contributed by atoms with E-state index in [1.165, 1.54) is 11.8 Å². The zero-order chi connectivity index (χ0) is 12.6. The number of ketones is 1. The van der Waals surface area contributed by atoms with Gasteiger partial charge in [-0.05, 0) is 24.6 Å². The number of nitrogens with two attached hydrogens (primary N) is 1. The Balaban J connectivity index is 2.42. The first-order chi connectivity index (χ1) is 8.00. The molecule has 0 radical (unpaired) electrons. The second-order valence-corrected chi connectivity index (χ2v) is 4.06. The Morgan fingerprint density at radius 1 is 1.53 bits per heavy atom. The summed E-state index contributed by atoms with van der Waals surface area (Å²) >= 11 is 0. The zero-order valence-electron chi connectivity index (χ0n) is 9.77. The summed E-state index contributed by atoms with van der Waals surface area (Å²) in [6, 6.07) is 4.54. The third-order valence-electron chi connectivity index (χ3n) is 2.87. The average Bonchev–Trinajstić information content (AvgIpc) is 2.32. The number of anilines is 1. The van der Waals surface area contributed by atoms with Gasteiger partial charge in [-0.25, -0.2) is 0 Å². The van der Waals surface area contributed by atoms with Crippen LogP contribution in [0.15, 0.2) is 18.2 Å². The maximum absolute atomic E-state index is 11.5. The first-order valence-corrected chi connectivity index (χ1v) is 5.30. The van der Waals surface area contributed by atoms with Crippen molar-refractivity contribution in [3.8, 4) is 5.75 Å². The van der Waals surface area contributed by atoms with Gasteiger partial charge in [0.1, 0.15) is 5.75 Å². The normalized spacial score (nSPS) is 16.2. The topological polar surface area (TPSA) is 72.6 Å². The van der Waals surface area contributed by atoms with Crippen LogP contribution in [-0.4, -0.2) is 25.3 Å². The van der Waals surface area contributed by atoms with Crippen LogP contribution < -0.4 is 15.4 Å². The molecule has 1 aliphatic rings. The number of ether oxygens (including phenoxy) is 1. The summed E-state index contributed by atoms with van der Waals surface area (Å²) in [5, 5.41) is 0. The number of carbonyl (C=O) groups is 2. The van der Waals surface area contributed by atoms with Crippen molar-refractivity contribution in [2.24, 2.45) is 5.73 Å². The average molecular weight is 234 g/mol. The van der Waals surface area contributed by atoms with E-state index in [4.69, 9.17) is 10.5 Å². The Labute approximate surface area is 99.2 Å². The van der Waals surface area contributed by atoms with Crippen LogP contribution in [0.1, 0.15) is 18.5 Å². The maximum Gasteiger partial charge on any atom is 0.264 e. The van der Waals surface area contributed by atoms with Crippen LogP contribution in [0.4, 0.5) is 5.69 Å². The molecule has 1 aromatic carbocycles. The second-order valence-electron chi connectivity index (χ2n) is 4.06. The molecule has 5 nitrogen and oxygen atoms in total. The predicted molar refractivity (Wildman–Crippen MR) is 63.0 cm³/mol. The Morgan fingerprint density at radius 2 is 2.24 bits per heavy atom. The van der Waals surface area contributed by atoms with Crippen molar-refractivity contribution >= 4 is 17.4 Å². The molecule has 0 aromatic heterocycles. The smallest absolute Gasteiger partial charge is 0.264 e. The first-order valence-electron chi connectivity index (χ1n) is 5.30. The van der Waals surface area contributed by atoms with Gasteiger partial charge in [-0.3, -0.25) is 9.59 Å². The molecule has 90 valence electrons. The molecule has 0 spiro atoms. The molecule has 1 aromatic rings. The van der Waals surface area contributed by atoms with E-state index in [1.807, 2.05) is 0 Å². The number of nitrogens with zero attached hydrogens (tertiary/aromatic N) is 1. The van der Waals surface area contributed by atoms with E-state index in [9.17, 15) is 9.59 Å². The quantitative estimate of drug-likeness (QED) is 0.814. The second kappa shape index (κ2) is 4.18. The van der Waals surface area contributed by atoms with Crippen molar-refractivity contribution in [3.05, 3.63) is 23.8 Å². The van der Waals surface area contributed by atoms with E-state index in [2.05, 4.69) is 0 Å². The van der Waals surface area contributed by atoms with Crippen LogP contribution in [0.5, 0.6) is 5.75 Å². The highest BCUT2D eigenvalue weighted by atomic mass is 16.5. The predicted octanol–water partition coefficient (Wildman–Crippen LogP) is 0.631. The van der Waals surface area contributed by atoms with Gasteiger partial charge in [0.05, 0.1) is 11.7 Å². The number of rotatable bonds is 2. The molecule has 0 bridgehead atoms. The van der Waals surface area contributed by atoms with Gasteiger partial charge < -0.3 is 15.4 Å². The summed E-state index contributed by atoms with van der Waals surface area (Å²) in [7, 11) is 1.67. The van der Waals surface area contributed by atoms with Gasteiger partial charge in [0.15, 0.2) is 12.4 Å². The number of hydrogen-bond acceptors (Lipinski definition) is 4. The van der Waals surface area contributed by atoms with Crippen LogP contribution in [0.3, 0.4) is 0 Å². The molecule has 0 saturated carbocycles. The largest absolute Gasteiger partial charge is 0.482 e. The van der Waals surface area contributed by atoms with E-state index in [-0.39, 0.29) is 18.3 Å². The Hall–Kier alpha value is -1.88. The molecule has 2 N–H and O–H groups in total. The summed E-state index contributed by atoms with van der Waals surface area (Å²) < 4.78 is 5.28. The highest BCUT2D eigenvalue weighted by Gasteiger charge is 2.23. The summed E-state index contributed by atoms with van der Waals surface area (Å²) in [6.07, 6.45) is 0. The number of benzene rings is 1. The Morgan fingerprint density at radius 3 is 2.88 bits per heavy atom. The Kier molecular flexibility index (Phi) is 2.85. The van der Waals surface area contributed by atoms with Gasteiger partial charge >= 0.3 is 0 Å². The molecule has 1 heterocycles. The van der Waals surface area contributed by atoms with Gasteiger partial charge in [-0.15, -0.1) is 0 Å². The molecule has 17 heavy (non-hydrogen) atoms. The van der Waals surface area contributed by atoms with Gasteiger partial charge in [-0.2, -0.15) is 0 Å². The lowest BCUT2D eigenvalue weighted by Gasteiger charge is -2.26. The summed E-state index contributed by atoms with van der Waals surface area (Å²) in [6.45, 7) is 1.48. The lowest BCUT2D eigenvalue weighted by atomic mass is 10.0. The fourth-order valence-electron chi connectivity index (χ4n) is 1.72. The fourth-order valence-corrected chi connectivity index (χ4v) is 1.72. The number of Topliss-reactive ketones (excluding diaryl/α,β-unsaturated/α-hetero) is 1. The van der Waals surface area contributed by atoms with Crippen molar-refractivity contribution in [1.29, 1.82) is 0 Å². The molecule has 5 heteroatoms. The van der Waals surface area contributed by atoms with Crippen LogP contribution >= 0.6 is 0 Å². The number of likely N-dealkylation sites (N-methyl/N-ethyl adjacent to an activating group) is 1. The van der Waals surface area contributed by atoms with Crippen molar-refractivity contribution in [2.75, 3.05) is 18.6 Å². The number of amides is 1. The molecule has 1 amide bonds. The van der Waals surface area contributed by atoms with Crippen LogP contribution in [-0.2, 0) is 9.59 Å². The third-order valence-corrected chi connectivity index (χ3v) is 2.87. The lowest BCUT2D eigenvalue weighted by molar-refractivity contribution is -0.121. The zero-order valence-corrected chi connectivity index (χ0v) is 9.77. The molecule has 1 aliphatic heterocycles. The van der Waals surface area contributed by atoms with E-state index in [1.54, 1.807) is 25.2 Å². The molecule has 2 rings (SSSR count). The van der Waals surface area contributed by atoms with Crippen molar-refractivity contribution < 1.29 is 14.3 Å². The van der Waals surface area contributed by atoms with Crippen molar-refractivity contribution in [1.82, 2.24) is 0 Å². The minimum absolute atomic E-state index is 0.0433. The standard InChI is InChI=1S/C12H14N2O3/c1-7(15)12(13)8-3-4-10-9(5-8)14(2)11(16)6-17-10/h3-5,12H,6,13H2,1-2H3. The molecular weight excluding hydrogens is 220 g/mol. The third kappa shape index (κ3) is 2.01. The van der Waals surface area contributed by atoms with Crippen LogP contribution in [0.25, 0.3) is 0 Å². The number of hydrogen-bond donors (Lipinski definition) is 1. The minimum Gasteiger partial charge on any atom is -0.482 e. The van der Waals surface area contributed by atoms with E-state index >= 15 is 0 Å². The van der Waals surface area contributed by atoms with Gasteiger partial charge in [0.25, 0.3) is 5.91 Å². The molecule has 0 aliphatic carbocycles. The maximum atomic E-state index is 11.5. The summed E-state index contributed by atoms with van der Waals surface area (Å²) in [5.74, 6) is 0.397. The van der Waals surface area contributed by atoms with Crippen molar-refractivity contribution in [2.45, 2.75) is 13.0 Å². The van der Waals surface area contributed by atoms with Crippen molar-refractivity contribution in [3.63, 3.8) is 0 Å². The molecule has 1 unspecified atom stereocenters. The van der Waals surface area contributed by atoms with E-state index in [0.29, 0.717) is 17.0 Å². The number of fused-ring (bicyclic) bond motifs is 1. The monoisotopic (exact) mass is 234 g/mol.